The van der Waals surface area contributed by atoms with Crippen molar-refractivity contribution in [1.29, 1.82) is 0 Å². The van der Waals surface area contributed by atoms with Crippen LogP contribution in [0.4, 0.5) is 0 Å². The number of carbonyl (C=O) groups is 1. The third-order valence-electron chi connectivity index (χ3n) is 5.40. The minimum Gasteiger partial charge on any atom is -0.454 e. The maximum absolute atomic E-state index is 12.6. The van der Waals surface area contributed by atoms with Crippen LogP contribution < -0.4 is 14.8 Å². The molecule has 0 fully saturated rings. The normalized spacial score (nSPS) is 17.0. The Morgan fingerprint density at radius 2 is 1.93 bits per heavy atom. The zero-order valence-corrected chi connectivity index (χ0v) is 16.0. The fourth-order valence-corrected chi connectivity index (χ4v) is 3.93. The van der Waals surface area contributed by atoms with Gasteiger partial charge in [0.25, 0.3) is 0 Å². The number of nitrogens with zero attached hydrogens (tertiary/aromatic N) is 3. The van der Waals surface area contributed by atoms with Gasteiger partial charge in [0.05, 0.1) is 6.42 Å². The van der Waals surface area contributed by atoms with Crippen molar-refractivity contribution in [2.75, 3.05) is 6.79 Å². The average molecular weight is 390 g/mol. The molecular formula is C22H22N4O3. The number of hydrogen-bond acceptors (Lipinski definition) is 5. The quantitative estimate of drug-likeness (QED) is 0.723. The summed E-state index contributed by atoms with van der Waals surface area (Å²) in [5, 5.41) is 11.9. The molecule has 1 unspecified atom stereocenters. The highest BCUT2D eigenvalue weighted by atomic mass is 16.7. The molecule has 3 heterocycles. The molecule has 0 radical (unpaired) electrons. The van der Waals surface area contributed by atoms with E-state index in [4.69, 9.17) is 9.47 Å². The maximum Gasteiger partial charge on any atom is 0.231 e. The van der Waals surface area contributed by atoms with Crippen molar-refractivity contribution in [3.63, 3.8) is 0 Å². The Morgan fingerprint density at radius 1 is 1.07 bits per heavy atom. The average Bonchev–Trinajstić information content (AvgIpc) is 3.35. The monoisotopic (exact) mass is 390 g/mol. The lowest BCUT2D eigenvalue weighted by Gasteiger charge is -2.25. The van der Waals surface area contributed by atoms with E-state index < -0.39 is 0 Å². The first-order valence-corrected chi connectivity index (χ1v) is 9.87. The van der Waals surface area contributed by atoms with Gasteiger partial charge in [-0.1, -0.05) is 36.4 Å². The molecule has 5 rings (SSSR count). The first-order chi connectivity index (χ1) is 14.2. The van der Waals surface area contributed by atoms with Crippen LogP contribution in [0, 0.1) is 0 Å². The summed E-state index contributed by atoms with van der Waals surface area (Å²) in [4.78, 5) is 12.6. The molecule has 7 nitrogen and oxygen atoms in total. The Kier molecular flexibility index (Phi) is 4.63. The van der Waals surface area contributed by atoms with E-state index >= 15 is 0 Å². The van der Waals surface area contributed by atoms with Crippen molar-refractivity contribution < 1.29 is 14.3 Å². The third-order valence-corrected chi connectivity index (χ3v) is 5.40. The lowest BCUT2D eigenvalue weighted by molar-refractivity contribution is -0.121. The van der Waals surface area contributed by atoms with Gasteiger partial charge in [0, 0.05) is 25.4 Å². The van der Waals surface area contributed by atoms with E-state index in [2.05, 4.69) is 32.2 Å². The van der Waals surface area contributed by atoms with Gasteiger partial charge in [0.15, 0.2) is 11.5 Å². The zero-order chi connectivity index (χ0) is 19.6. The van der Waals surface area contributed by atoms with Gasteiger partial charge in [-0.15, -0.1) is 10.2 Å². The molecule has 2 aromatic carbocycles. The number of carbonyl (C=O) groups excluding carboxylic acids is 1. The molecule has 2 aliphatic heterocycles. The second-order valence-electron chi connectivity index (χ2n) is 7.47. The highest BCUT2D eigenvalue weighted by Gasteiger charge is 2.24. The predicted molar refractivity (Wildman–Crippen MR) is 106 cm³/mol. The van der Waals surface area contributed by atoms with Crippen LogP contribution in [0.2, 0.25) is 0 Å². The molecule has 0 spiro atoms. The molecule has 1 amide bonds. The summed E-state index contributed by atoms with van der Waals surface area (Å²) in [6.07, 6.45) is 2.75. The predicted octanol–water partition coefficient (Wildman–Crippen LogP) is 2.27. The largest absolute Gasteiger partial charge is 0.454 e. The van der Waals surface area contributed by atoms with Gasteiger partial charge in [-0.05, 0) is 29.7 Å². The van der Waals surface area contributed by atoms with Crippen LogP contribution in [0.5, 0.6) is 11.5 Å². The molecule has 3 aromatic rings. The van der Waals surface area contributed by atoms with Crippen LogP contribution in [0.15, 0.2) is 48.5 Å². The summed E-state index contributed by atoms with van der Waals surface area (Å²) in [5.41, 5.74) is 2.12. The molecule has 0 saturated heterocycles. The number of hydrogen-bond donors (Lipinski definition) is 1. The van der Waals surface area contributed by atoms with Gasteiger partial charge in [-0.3, -0.25) is 4.79 Å². The van der Waals surface area contributed by atoms with Crippen LogP contribution in [-0.4, -0.2) is 33.5 Å². The van der Waals surface area contributed by atoms with Crippen molar-refractivity contribution in [3.8, 4) is 11.5 Å². The molecule has 0 saturated carbocycles. The summed E-state index contributed by atoms with van der Waals surface area (Å²) in [6.45, 7) is 0.941. The zero-order valence-electron chi connectivity index (χ0n) is 16.0. The van der Waals surface area contributed by atoms with E-state index in [1.165, 1.54) is 5.56 Å². The first kappa shape index (κ1) is 17.7. The van der Waals surface area contributed by atoms with Gasteiger partial charge in [-0.2, -0.15) is 0 Å². The van der Waals surface area contributed by atoms with Crippen LogP contribution in [0.3, 0.4) is 0 Å². The standard InChI is InChI=1S/C22H22N4O3/c27-22(12-16-6-8-18-19(10-16)29-14-28-18)23-17-7-9-20-24-25-21(26(20)13-17)11-15-4-2-1-3-5-15/h1-6,8,10,17H,7,9,11-14H2,(H,23,27). The fraction of sp³-hybridized carbons (Fsp3) is 0.318. The number of aryl methyl sites for hydroxylation is 1. The van der Waals surface area contributed by atoms with E-state index in [1.807, 2.05) is 36.4 Å². The van der Waals surface area contributed by atoms with Gasteiger partial charge >= 0.3 is 0 Å². The van der Waals surface area contributed by atoms with Gasteiger partial charge in [0.1, 0.15) is 11.6 Å². The van der Waals surface area contributed by atoms with Gasteiger partial charge < -0.3 is 19.4 Å². The van der Waals surface area contributed by atoms with Crippen molar-refractivity contribution in [1.82, 2.24) is 20.1 Å². The molecule has 1 atom stereocenters. The number of aromatic nitrogens is 3. The Balaban J connectivity index is 1.23. The lowest BCUT2D eigenvalue weighted by Crippen LogP contribution is -2.42. The van der Waals surface area contributed by atoms with E-state index in [0.29, 0.717) is 18.7 Å². The Labute approximate surface area is 168 Å². The topological polar surface area (TPSA) is 78.3 Å². The number of ether oxygens (including phenoxy) is 2. The van der Waals surface area contributed by atoms with Crippen molar-refractivity contribution in [3.05, 3.63) is 71.3 Å². The van der Waals surface area contributed by atoms with Crippen LogP contribution in [-0.2, 0) is 30.6 Å². The Bertz CT molecular complexity index is 1030. The molecule has 148 valence electrons. The summed E-state index contributed by atoms with van der Waals surface area (Å²) in [6, 6.07) is 16.0. The number of fused-ring (bicyclic) bond motifs is 2. The highest BCUT2D eigenvalue weighted by Crippen LogP contribution is 2.32. The van der Waals surface area contributed by atoms with Gasteiger partial charge in [-0.25, -0.2) is 0 Å². The molecule has 0 bridgehead atoms. The van der Waals surface area contributed by atoms with Crippen LogP contribution in [0.25, 0.3) is 0 Å². The number of nitrogens with one attached hydrogen (secondary N) is 1. The Morgan fingerprint density at radius 3 is 2.83 bits per heavy atom. The van der Waals surface area contributed by atoms with E-state index in [0.717, 1.165) is 42.2 Å². The van der Waals surface area contributed by atoms with Gasteiger partial charge in [0.2, 0.25) is 12.7 Å². The van der Waals surface area contributed by atoms with Crippen molar-refractivity contribution in [2.45, 2.75) is 38.3 Å². The molecule has 0 aliphatic carbocycles. The maximum atomic E-state index is 12.6. The summed E-state index contributed by atoms with van der Waals surface area (Å²) in [5.74, 6) is 3.38. The van der Waals surface area contributed by atoms with Crippen LogP contribution in [0.1, 0.15) is 29.2 Å². The molecule has 29 heavy (non-hydrogen) atoms. The number of amides is 1. The van der Waals surface area contributed by atoms with Crippen molar-refractivity contribution in [2.24, 2.45) is 0 Å². The number of rotatable bonds is 5. The molecule has 1 aromatic heterocycles. The molecule has 7 heteroatoms. The highest BCUT2D eigenvalue weighted by molar-refractivity contribution is 5.79. The first-order valence-electron chi connectivity index (χ1n) is 9.87. The second kappa shape index (κ2) is 7.58. The van der Waals surface area contributed by atoms with E-state index in [1.54, 1.807) is 0 Å². The van der Waals surface area contributed by atoms with Crippen molar-refractivity contribution >= 4 is 5.91 Å². The number of benzene rings is 2. The SMILES string of the molecule is O=C(Cc1ccc2c(c1)OCO2)NC1CCc2nnc(Cc3ccccc3)n2C1. The van der Waals surface area contributed by atoms with E-state index in [9.17, 15) is 4.79 Å². The minimum absolute atomic E-state index is 0.00926. The molecule has 1 N–H and O–H groups in total. The summed E-state index contributed by atoms with van der Waals surface area (Å²) in [7, 11) is 0. The van der Waals surface area contributed by atoms with E-state index in [-0.39, 0.29) is 18.7 Å². The smallest absolute Gasteiger partial charge is 0.231 e. The molecular weight excluding hydrogens is 368 g/mol. The second-order valence-corrected chi connectivity index (χ2v) is 7.47. The minimum atomic E-state index is 0.00926. The summed E-state index contributed by atoms with van der Waals surface area (Å²) < 4.78 is 12.9. The lowest BCUT2D eigenvalue weighted by atomic mass is 10.1. The molecule has 2 aliphatic rings. The summed E-state index contributed by atoms with van der Waals surface area (Å²) >= 11 is 0. The Hall–Kier alpha value is -3.35. The van der Waals surface area contributed by atoms with Crippen LogP contribution >= 0.6 is 0 Å². The third kappa shape index (κ3) is 3.81. The fourth-order valence-electron chi connectivity index (χ4n) is 3.93.